The van der Waals surface area contributed by atoms with Gasteiger partial charge in [-0.1, -0.05) is 124 Å². The van der Waals surface area contributed by atoms with Crippen LogP contribution in [-0.2, 0) is 0 Å². The van der Waals surface area contributed by atoms with Gasteiger partial charge in [0.05, 0.1) is 0 Å². The molecule has 0 aliphatic rings. The fourth-order valence-corrected chi connectivity index (χ4v) is 10.9. The van der Waals surface area contributed by atoms with Gasteiger partial charge in [0.25, 0.3) is 0 Å². The second-order valence-electron chi connectivity index (χ2n) is 8.53. The monoisotopic (exact) mass is 354 g/mol. The summed E-state index contributed by atoms with van der Waals surface area (Å²) in [6.07, 6.45) is 2.78. The molecule has 0 atom stereocenters. The van der Waals surface area contributed by atoms with Gasteiger partial charge >= 0.3 is 0 Å². The highest BCUT2D eigenvalue weighted by Gasteiger charge is 2.46. The molecule has 0 bridgehead atoms. The summed E-state index contributed by atoms with van der Waals surface area (Å²) in [6, 6.07) is 25.6. The number of benzene rings is 2. The third-order valence-electron chi connectivity index (χ3n) is 5.40. The number of rotatable bonds is 7. The van der Waals surface area contributed by atoms with Gasteiger partial charge in [-0.15, -0.1) is 0 Å². The highest BCUT2D eigenvalue weighted by atomic mass is 28.3. The van der Waals surface area contributed by atoms with Crippen molar-refractivity contribution in [1.29, 1.82) is 0 Å². The van der Waals surface area contributed by atoms with Crippen molar-refractivity contribution in [3.63, 3.8) is 0 Å². The molecule has 130 valence electrons. The van der Waals surface area contributed by atoms with Crippen LogP contribution in [0.3, 0.4) is 0 Å². The maximum Gasteiger partial charge on any atom is 0.123 e. The van der Waals surface area contributed by atoms with Crippen LogP contribution in [0.4, 0.5) is 0 Å². The van der Waals surface area contributed by atoms with Crippen LogP contribution in [0.1, 0.15) is 33.6 Å². The van der Waals surface area contributed by atoms with Crippen molar-refractivity contribution in [1.82, 2.24) is 0 Å². The zero-order chi connectivity index (χ0) is 17.6. The third kappa shape index (κ3) is 4.28. The topological polar surface area (TPSA) is 0 Å². The lowest BCUT2D eigenvalue weighted by molar-refractivity contribution is 0.713. The van der Waals surface area contributed by atoms with Crippen LogP contribution < -0.4 is 10.4 Å². The first-order valence-electron chi connectivity index (χ1n) is 9.49. The fraction of sp³-hybridized carbons (Fsp3) is 0.455. The molecule has 0 nitrogen and oxygen atoms in total. The Labute approximate surface area is 151 Å². The van der Waals surface area contributed by atoms with E-state index in [0.717, 1.165) is 0 Å². The van der Waals surface area contributed by atoms with Crippen LogP contribution in [0.5, 0.6) is 0 Å². The first-order valence-corrected chi connectivity index (χ1v) is 14.8. The molecule has 0 aliphatic heterocycles. The number of hydrogen-bond donors (Lipinski definition) is 0. The first kappa shape index (κ1) is 19.2. The average Bonchev–Trinajstić information content (AvgIpc) is 2.55. The minimum atomic E-state index is -1.81. The van der Waals surface area contributed by atoms with Crippen molar-refractivity contribution >= 4 is 27.2 Å². The molecule has 2 aromatic rings. The minimum Gasteiger partial charge on any atom is -0.0722 e. The van der Waals surface area contributed by atoms with Gasteiger partial charge in [-0.3, -0.25) is 0 Å². The highest BCUT2D eigenvalue weighted by molar-refractivity contribution is 7.04. The van der Waals surface area contributed by atoms with Gasteiger partial charge in [-0.2, -0.15) is 0 Å². The summed E-state index contributed by atoms with van der Waals surface area (Å²) in [5, 5.41) is 3.52. The Kier molecular flexibility index (Phi) is 6.65. The average molecular weight is 355 g/mol. The molecular weight excluding hydrogens is 320 g/mol. The summed E-state index contributed by atoms with van der Waals surface area (Å²) in [7, 11) is -2.24. The van der Waals surface area contributed by atoms with Crippen LogP contribution in [0.25, 0.3) is 0 Å². The Bertz CT molecular complexity index is 557. The van der Waals surface area contributed by atoms with E-state index >= 15 is 0 Å². The molecule has 0 radical (unpaired) electrons. The highest BCUT2D eigenvalue weighted by Crippen LogP contribution is 2.39. The number of hydrogen-bond acceptors (Lipinski definition) is 0. The summed E-state index contributed by atoms with van der Waals surface area (Å²) in [5.41, 5.74) is 0. The third-order valence-corrected chi connectivity index (χ3v) is 13.3. The van der Waals surface area contributed by atoms with Crippen LogP contribution in [-0.4, -0.2) is 16.9 Å². The first-order chi connectivity index (χ1) is 11.4. The van der Waals surface area contributed by atoms with Crippen molar-refractivity contribution in [2.45, 2.75) is 63.8 Å². The zero-order valence-corrected chi connectivity index (χ0v) is 18.3. The summed E-state index contributed by atoms with van der Waals surface area (Å²) >= 11 is 0. The molecule has 0 fully saturated rings. The molecule has 24 heavy (non-hydrogen) atoms. The molecule has 2 aromatic carbocycles. The Hall–Kier alpha value is -1.13. The van der Waals surface area contributed by atoms with Gasteiger partial charge in [0.2, 0.25) is 0 Å². The van der Waals surface area contributed by atoms with Crippen molar-refractivity contribution in [3.8, 4) is 0 Å². The summed E-state index contributed by atoms with van der Waals surface area (Å²) in [6.45, 7) is 12.4. The SMILES string of the molecule is C[SiH](C)CCCC[Si](c1ccccc1)(c1ccccc1)C(C)(C)C. The largest absolute Gasteiger partial charge is 0.123 e. The van der Waals surface area contributed by atoms with Gasteiger partial charge in [0, 0.05) is 8.80 Å². The molecule has 0 N–H and O–H groups in total. The van der Waals surface area contributed by atoms with E-state index in [1.165, 1.54) is 24.9 Å². The lowest BCUT2D eigenvalue weighted by atomic mass is 10.2. The van der Waals surface area contributed by atoms with Crippen LogP contribution in [0.15, 0.2) is 60.7 Å². The zero-order valence-electron chi connectivity index (χ0n) is 16.2. The predicted octanol–water partition coefficient (Wildman–Crippen LogP) is 5.32. The van der Waals surface area contributed by atoms with E-state index in [1.807, 2.05) is 0 Å². The summed E-state index contributed by atoms with van der Waals surface area (Å²) in [5.74, 6) is 0. The molecule has 0 saturated carbocycles. The summed E-state index contributed by atoms with van der Waals surface area (Å²) < 4.78 is 0. The second kappa shape index (κ2) is 8.31. The molecule has 0 saturated heterocycles. The van der Waals surface area contributed by atoms with Crippen LogP contribution in [0, 0.1) is 0 Å². The molecular formula is C22H34Si2. The standard InChI is InChI=1S/C22H34Si2/c1-22(2,3)24(19-13-12-18-23(4)5,20-14-8-6-9-15-20)21-16-10-7-11-17-21/h6-11,14-17,23H,12-13,18-19H2,1-5H3. The Morgan fingerprint density at radius 3 is 1.58 bits per heavy atom. The summed E-state index contributed by atoms with van der Waals surface area (Å²) in [4.78, 5) is 0. The van der Waals surface area contributed by atoms with E-state index in [2.05, 4.69) is 94.5 Å². The molecule has 0 unspecified atom stereocenters. The van der Waals surface area contributed by atoms with E-state index in [1.54, 1.807) is 10.4 Å². The van der Waals surface area contributed by atoms with Crippen molar-refractivity contribution in [2.75, 3.05) is 0 Å². The normalized spacial score (nSPS) is 12.6. The molecule has 0 heterocycles. The molecule has 0 aromatic heterocycles. The molecule has 0 aliphatic carbocycles. The van der Waals surface area contributed by atoms with Gasteiger partial charge in [0.1, 0.15) is 8.07 Å². The quantitative estimate of drug-likeness (QED) is 0.466. The molecule has 2 rings (SSSR count). The van der Waals surface area contributed by atoms with Crippen LogP contribution in [0.2, 0.25) is 30.2 Å². The Morgan fingerprint density at radius 2 is 1.21 bits per heavy atom. The fourth-order valence-electron chi connectivity index (χ4n) is 4.08. The van der Waals surface area contributed by atoms with Crippen molar-refractivity contribution in [3.05, 3.63) is 60.7 Å². The minimum absolute atomic E-state index is 0.310. The van der Waals surface area contributed by atoms with Gasteiger partial charge in [-0.25, -0.2) is 0 Å². The van der Waals surface area contributed by atoms with Gasteiger partial charge < -0.3 is 0 Å². The van der Waals surface area contributed by atoms with Gasteiger partial charge in [0.15, 0.2) is 0 Å². The second-order valence-corrected chi connectivity index (χ2v) is 16.9. The predicted molar refractivity (Wildman–Crippen MR) is 115 cm³/mol. The lowest BCUT2D eigenvalue weighted by Gasteiger charge is -2.44. The molecule has 2 heteroatoms. The maximum absolute atomic E-state index is 2.48. The smallest absolute Gasteiger partial charge is 0.0722 e. The van der Waals surface area contributed by atoms with Crippen molar-refractivity contribution < 1.29 is 0 Å². The van der Waals surface area contributed by atoms with E-state index in [-0.39, 0.29) is 0 Å². The van der Waals surface area contributed by atoms with E-state index in [9.17, 15) is 0 Å². The Morgan fingerprint density at radius 1 is 0.750 bits per heavy atom. The van der Waals surface area contributed by atoms with Crippen LogP contribution >= 0.6 is 0 Å². The lowest BCUT2D eigenvalue weighted by Crippen LogP contribution is -2.64. The molecule has 0 amide bonds. The van der Waals surface area contributed by atoms with E-state index < -0.39 is 16.9 Å². The Balaban J connectivity index is 2.45. The molecule has 0 spiro atoms. The van der Waals surface area contributed by atoms with E-state index in [4.69, 9.17) is 0 Å². The van der Waals surface area contributed by atoms with E-state index in [0.29, 0.717) is 5.04 Å². The number of unbranched alkanes of at least 4 members (excludes halogenated alkanes) is 1. The van der Waals surface area contributed by atoms with Crippen molar-refractivity contribution in [2.24, 2.45) is 0 Å². The van der Waals surface area contributed by atoms with Gasteiger partial charge in [-0.05, 0) is 11.1 Å². The maximum atomic E-state index is 2.48.